The molecule has 0 bridgehead atoms. The molecule has 2 rings (SSSR count). The fraction of sp³-hybridized carbons (Fsp3) is 0.750. The van der Waals surface area contributed by atoms with Gasteiger partial charge >= 0.3 is 35.8 Å². The molecule has 2 fully saturated rings. The van der Waals surface area contributed by atoms with Gasteiger partial charge in [0.1, 0.15) is 37.6 Å². The van der Waals surface area contributed by atoms with E-state index in [0.717, 1.165) is 41.5 Å². The summed E-state index contributed by atoms with van der Waals surface area (Å²) in [5.41, 5.74) is 0. The largest absolute Gasteiger partial charge is 0.463 e. The average Bonchev–Trinajstić information content (AvgIpc) is 2.83. The monoisotopic (exact) mass is 594 g/mol. The first-order valence-electron chi connectivity index (χ1n) is 12.4. The van der Waals surface area contributed by atoms with E-state index >= 15 is 0 Å². The van der Waals surface area contributed by atoms with Crippen molar-refractivity contribution in [3.63, 3.8) is 0 Å². The topological polar surface area (TPSA) is 226 Å². The number of rotatable bonds is 10. The van der Waals surface area contributed by atoms with Crippen molar-refractivity contribution < 1.29 is 81.6 Å². The molecule has 0 saturated carbocycles. The molecular formula is C24H34O17. The molecular weight excluding hydrogens is 560 g/mol. The zero-order valence-electron chi connectivity index (χ0n) is 23.2. The maximum atomic E-state index is 12.0. The molecule has 232 valence electrons. The molecule has 2 heterocycles. The minimum absolute atomic E-state index is 0.554. The van der Waals surface area contributed by atoms with Crippen LogP contribution in [0, 0.1) is 0 Å². The molecule has 2 N–H and O–H groups in total. The van der Waals surface area contributed by atoms with Crippen molar-refractivity contribution >= 4 is 35.8 Å². The molecule has 0 radical (unpaired) electrons. The Labute approximate surface area is 234 Å². The SMILES string of the molecule is CC(=O)OCC1O[C@@H](O[C@H]2C(COC(C)=O)O[C@@H](O)C(OC(C)=O)[C@H]2OC(C)=O)C(OC(C)=O)[C@@H](OC(C)=O)[C@H]1O. The third-order valence-electron chi connectivity index (χ3n) is 5.63. The standard InChI is InChI=1S/C24H34O17/c1-9(25)33-7-15-17(31)19(35-11(3)27)22(38-14(6)30)24(40-15)41-18-16(8-34-10(2)26)39-23(32)21(37-13(5)29)20(18)36-12(4)28/h15-24,31-32H,7-8H2,1-6H3/t15?,16?,17-,18-,19-,20-,21?,22?,23+,24-/m0/s1. The lowest BCUT2D eigenvalue weighted by atomic mass is 9.96. The number of carbonyl (C=O) groups excluding carboxylic acids is 6. The summed E-state index contributed by atoms with van der Waals surface area (Å²) in [6, 6.07) is 0. The fourth-order valence-electron chi connectivity index (χ4n) is 4.17. The van der Waals surface area contributed by atoms with Crippen molar-refractivity contribution in [1.29, 1.82) is 0 Å². The summed E-state index contributed by atoms with van der Waals surface area (Å²) >= 11 is 0. The van der Waals surface area contributed by atoms with Crippen LogP contribution < -0.4 is 0 Å². The fourth-order valence-corrected chi connectivity index (χ4v) is 4.17. The Morgan fingerprint density at radius 1 is 0.537 bits per heavy atom. The number of ether oxygens (including phenoxy) is 9. The summed E-state index contributed by atoms with van der Waals surface area (Å²) in [6.45, 7) is 5.14. The number of aliphatic hydroxyl groups is 2. The minimum Gasteiger partial charge on any atom is -0.463 e. The second-order valence-electron chi connectivity index (χ2n) is 9.10. The Morgan fingerprint density at radius 3 is 1.46 bits per heavy atom. The predicted molar refractivity (Wildman–Crippen MR) is 126 cm³/mol. The Morgan fingerprint density at radius 2 is 0.976 bits per heavy atom. The van der Waals surface area contributed by atoms with Crippen LogP contribution in [-0.4, -0.2) is 121 Å². The van der Waals surface area contributed by atoms with Gasteiger partial charge in [-0.3, -0.25) is 28.8 Å². The van der Waals surface area contributed by atoms with Gasteiger partial charge in [-0.05, 0) is 0 Å². The van der Waals surface area contributed by atoms with Crippen LogP contribution in [-0.2, 0) is 71.4 Å². The normalized spacial score (nSPS) is 33.1. The maximum Gasteiger partial charge on any atom is 0.303 e. The van der Waals surface area contributed by atoms with Gasteiger partial charge in [-0.25, -0.2) is 0 Å². The highest BCUT2D eigenvalue weighted by atomic mass is 16.8. The van der Waals surface area contributed by atoms with Crippen LogP contribution in [0.3, 0.4) is 0 Å². The van der Waals surface area contributed by atoms with Gasteiger partial charge in [-0.15, -0.1) is 0 Å². The van der Waals surface area contributed by atoms with Crippen LogP contribution in [0.15, 0.2) is 0 Å². The summed E-state index contributed by atoms with van der Waals surface area (Å²) in [6.07, 6.45) is -16.3. The van der Waals surface area contributed by atoms with Crippen molar-refractivity contribution in [2.45, 2.75) is 103 Å². The van der Waals surface area contributed by atoms with E-state index in [1.807, 2.05) is 0 Å². The van der Waals surface area contributed by atoms with Crippen molar-refractivity contribution in [1.82, 2.24) is 0 Å². The molecule has 0 spiro atoms. The molecule has 0 aromatic heterocycles. The van der Waals surface area contributed by atoms with Gasteiger partial charge in [0.25, 0.3) is 0 Å². The van der Waals surface area contributed by atoms with Crippen LogP contribution >= 0.6 is 0 Å². The number of hydrogen-bond donors (Lipinski definition) is 2. The third-order valence-corrected chi connectivity index (χ3v) is 5.63. The first kappa shape index (κ1) is 33.8. The Balaban J connectivity index is 2.57. The van der Waals surface area contributed by atoms with E-state index in [2.05, 4.69) is 0 Å². The number of carbonyl (C=O) groups is 6. The van der Waals surface area contributed by atoms with Crippen LogP contribution in [0.2, 0.25) is 0 Å². The van der Waals surface area contributed by atoms with Crippen molar-refractivity contribution in [2.24, 2.45) is 0 Å². The molecule has 17 nitrogen and oxygen atoms in total. The van der Waals surface area contributed by atoms with Gasteiger partial charge in [-0.2, -0.15) is 0 Å². The zero-order chi connectivity index (χ0) is 31.0. The summed E-state index contributed by atoms with van der Waals surface area (Å²) in [4.78, 5) is 70.6. The summed E-state index contributed by atoms with van der Waals surface area (Å²) in [7, 11) is 0. The number of esters is 6. The lowest BCUT2D eigenvalue weighted by Gasteiger charge is -2.47. The smallest absolute Gasteiger partial charge is 0.303 e. The highest BCUT2D eigenvalue weighted by Crippen LogP contribution is 2.33. The summed E-state index contributed by atoms with van der Waals surface area (Å²) in [5, 5.41) is 21.4. The minimum atomic E-state index is -1.88. The van der Waals surface area contributed by atoms with E-state index in [0.29, 0.717) is 0 Å². The Hall–Kier alpha value is -3.38. The molecule has 41 heavy (non-hydrogen) atoms. The summed E-state index contributed by atoms with van der Waals surface area (Å²) < 4.78 is 48.0. The van der Waals surface area contributed by atoms with Gasteiger partial charge in [0, 0.05) is 41.5 Å². The quantitative estimate of drug-likeness (QED) is 0.206. The number of hydrogen-bond acceptors (Lipinski definition) is 17. The second kappa shape index (κ2) is 15.0. The molecule has 4 unspecified atom stereocenters. The third kappa shape index (κ3) is 9.89. The van der Waals surface area contributed by atoms with E-state index < -0.39 is 110 Å². The molecule has 2 saturated heterocycles. The van der Waals surface area contributed by atoms with E-state index in [4.69, 9.17) is 42.6 Å². The zero-order valence-corrected chi connectivity index (χ0v) is 23.2. The van der Waals surface area contributed by atoms with Crippen molar-refractivity contribution in [2.75, 3.05) is 13.2 Å². The molecule has 0 amide bonds. The first-order chi connectivity index (χ1) is 19.1. The van der Waals surface area contributed by atoms with E-state index in [1.54, 1.807) is 0 Å². The highest BCUT2D eigenvalue weighted by Gasteiger charge is 2.56. The Kier molecular flexibility index (Phi) is 12.4. The molecule has 0 aromatic carbocycles. The van der Waals surface area contributed by atoms with E-state index in [9.17, 15) is 39.0 Å². The van der Waals surface area contributed by atoms with Crippen molar-refractivity contribution in [3.05, 3.63) is 0 Å². The van der Waals surface area contributed by atoms with Crippen LogP contribution in [0.5, 0.6) is 0 Å². The summed E-state index contributed by atoms with van der Waals surface area (Å²) in [5.74, 6) is -5.07. The first-order valence-corrected chi connectivity index (χ1v) is 12.4. The Bertz CT molecular complexity index is 981. The molecule has 2 aliphatic heterocycles. The van der Waals surface area contributed by atoms with Gasteiger partial charge in [0.2, 0.25) is 0 Å². The average molecular weight is 595 g/mol. The van der Waals surface area contributed by atoms with Gasteiger partial charge in [0.15, 0.2) is 37.0 Å². The molecule has 17 heteroatoms. The molecule has 10 atom stereocenters. The van der Waals surface area contributed by atoms with Gasteiger partial charge in [-0.1, -0.05) is 0 Å². The van der Waals surface area contributed by atoms with Gasteiger partial charge in [0.05, 0.1) is 0 Å². The van der Waals surface area contributed by atoms with E-state index in [-0.39, 0.29) is 0 Å². The molecule has 2 aliphatic rings. The van der Waals surface area contributed by atoms with Crippen LogP contribution in [0.1, 0.15) is 41.5 Å². The second-order valence-corrected chi connectivity index (χ2v) is 9.10. The lowest BCUT2D eigenvalue weighted by Crippen LogP contribution is -2.66. The van der Waals surface area contributed by atoms with Gasteiger partial charge < -0.3 is 52.8 Å². The van der Waals surface area contributed by atoms with E-state index in [1.165, 1.54) is 0 Å². The maximum absolute atomic E-state index is 12.0. The van der Waals surface area contributed by atoms with Crippen LogP contribution in [0.25, 0.3) is 0 Å². The van der Waals surface area contributed by atoms with Crippen LogP contribution in [0.4, 0.5) is 0 Å². The number of aliphatic hydroxyl groups excluding tert-OH is 2. The highest BCUT2D eigenvalue weighted by molar-refractivity contribution is 5.68. The lowest BCUT2D eigenvalue weighted by molar-refractivity contribution is -0.357. The van der Waals surface area contributed by atoms with Crippen molar-refractivity contribution in [3.8, 4) is 0 Å². The molecule has 0 aromatic rings. The predicted octanol–water partition coefficient (Wildman–Crippen LogP) is -1.97. The molecule has 0 aliphatic carbocycles.